The van der Waals surface area contributed by atoms with Gasteiger partial charge >= 0.3 is 0 Å². The summed E-state index contributed by atoms with van der Waals surface area (Å²) in [5, 5.41) is 11.6. The number of nitrogens with zero attached hydrogens (tertiary/aromatic N) is 2. The highest BCUT2D eigenvalue weighted by atomic mass is 35.5. The summed E-state index contributed by atoms with van der Waals surface area (Å²) >= 11 is 8.42. The zero-order chi connectivity index (χ0) is 39.6. The van der Waals surface area contributed by atoms with E-state index in [0.29, 0.717) is 72.2 Å². The van der Waals surface area contributed by atoms with E-state index in [1.54, 1.807) is 25.5 Å². The van der Waals surface area contributed by atoms with Crippen molar-refractivity contribution >= 4 is 52.0 Å². The van der Waals surface area contributed by atoms with Gasteiger partial charge in [-0.3, -0.25) is 19.2 Å². The first kappa shape index (κ1) is 40.7. The summed E-state index contributed by atoms with van der Waals surface area (Å²) in [6.07, 6.45) is 8.02. The molecule has 3 atom stereocenters. The van der Waals surface area contributed by atoms with Crippen LogP contribution in [0.25, 0.3) is 22.0 Å². The fourth-order valence-electron chi connectivity index (χ4n) is 6.92. The molecule has 5 aromatic rings. The first-order chi connectivity index (χ1) is 27.2. The van der Waals surface area contributed by atoms with E-state index in [1.165, 1.54) is 22.7 Å². The number of hydrogen-bond acceptors (Lipinski definition) is 9. The van der Waals surface area contributed by atoms with Crippen molar-refractivity contribution in [2.24, 2.45) is 11.5 Å². The van der Waals surface area contributed by atoms with Gasteiger partial charge in [0.25, 0.3) is 0 Å². The van der Waals surface area contributed by atoms with Crippen LogP contribution in [0.5, 0.6) is 0 Å². The Labute approximate surface area is 334 Å². The normalized spacial score (nSPS) is 18.5. The second-order valence-electron chi connectivity index (χ2n) is 13.9. The van der Waals surface area contributed by atoms with Crippen LogP contribution in [0.1, 0.15) is 48.8 Å². The Balaban J connectivity index is 1.45. The third-order valence-electron chi connectivity index (χ3n) is 10.1. The molecule has 6 rings (SSSR count). The van der Waals surface area contributed by atoms with Gasteiger partial charge in [0.15, 0.2) is 0 Å². The third-order valence-corrected chi connectivity index (χ3v) is 11.7. The molecule has 0 spiro atoms. The molecule has 3 amide bonds. The largest absolute Gasteiger partial charge is 0.361 e. The lowest BCUT2D eigenvalue weighted by Crippen LogP contribution is -2.57. The Morgan fingerprint density at radius 1 is 0.839 bits per heavy atom. The smallest absolute Gasteiger partial charge is 0.247 e. The predicted molar refractivity (Wildman–Crippen MR) is 220 cm³/mol. The molecule has 0 aliphatic carbocycles. The van der Waals surface area contributed by atoms with Gasteiger partial charge < -0.3 is 42.3 Å². The van der Waals surface area contributed by atoms with Gasteiger partial charge in [0.1, 0.15) is 17.1 Å². The van der Waals surface area contributed by atoms with Gasteiger partial charge in [0.2, 0.25) is 23.3 Å². The van der Waals surface area contributed by atoms with Crippen LogP contribution in [0.2, 0.25) is 5.02 Å². The molecule has 0 unspecified atom stereocenters. The van der Waals surface area contributed by atoms with E-state index in [2.05, 4.69) is 25.9 Å². The number of aromatic nitrogens is 3. The molecule has 56 heavy (non-hydrogen) atoms. The van der Waals surface area contributed by atoms with Crippen molar-refractivity contribution in [3.8, 4) is 11.1 Å². The van der Waals surface area contributed by atoms with Gasteiger partial charge in [-0.15, -0.1) is 0 Å². The van der Waals surface area contributed by atoms with Crippen molar-refractivity contribution in [3.05, 3.63) is 111 Å². The number of rotatable bonds is 10. The van der Waals surface area contributed by atoms with Gasteiger partial charge in [0.05, 0.1) is 11.1 Å². The number of carbonyl (C=O) groups excluding carboxylic acids is 3. The summed E-state index contributed by atoms with van der Waals surface area (Å²) in [6, 6.07) is 15.9. The summed E-state index contributed by atoms with van der Waals surface area (Å²) in [6.45, 7) is 1.21. The number of para-hydroxylation sites is 1. The van der Waals surface area contributed by atoms with Crippen LogP contribution >= 0.6 is 23.4 Å². The summed E-state index contributed by atoms with van der Waals surface area (Å²) in [7, 11) is 1.61. The molecule has 0 radical (unpaired) electrons. The second kappa shape index (κ2) is 19.2. The van der Waals surface area contributed by atoms with Crippen LogP contribution < -0.4 is 33.0 Å². The number of unbranched alkanes of at least 4 members (excludes halogenated alkanes) is 1. The maximum atomic E-state index is 14.5. The second-order valence-corrected chi connectivity index (χ2v) is 15.3. The number of hydrogen-bond donors (Lipinski definition) is 7. The minimum atomic E-state index is -0.950. The van der Waals surface area contributed by atoms with Gasteiger partial charge in [-0.2, -0.15) is 0 Å². The zero-order valence-corrected chi connectivity index (χ0v) is 32.8. The van der Waals surface area contributed by atoms with Gasteiger partial charge in [0, 0.05) is 67.0 Å². The maximum absolute atomic E-state index is 14.5. The molecule has 3 aromatic heterocycles. The highest BCUT2D eigenvalue weighted by molar-refractivity contribution is 7.99. The highest BCUT2D eigenvalue weighted by Gasteiger charge is 2.34. The molecular formula is C41H48ClN9O4S. The number of pyridine rings is 2. The van der Waals surface area contributed by atoms with Crippen molar-refractivity contribution in [2.45, 2.75) is 79.7 Å². The number of halogens is 1. The van der Waals surface area contributed by atoms with Crippen LogP contribution in [-0.4, -0.2) is 75.8 Å². The summed E-state index contributed by atoms with van der Waals surface area (Å²) in [5.74, 6) is -1.10. The SMILES string of the molecule is CN1C(=O)[C@H](CCCCN)NC(=O)[C@H](CCCN)NCc2cccnc2Sc2c(Cl)cc(-c3ccc(=O)[nH]c3)cc2CNC(=O)[C@@H]1Cc1c[nH]c2ccccc12. The molecule has 0 fully saturated rings. The number of H-pyrrole nitrogens is 2. The number of fused-ring (bicyclic) bond motifs is 3. The summed E-state index contributed by atoms with van der Waals surface area (Å²) in [5.41, 5.74) is 16.3. The quantitative estimate of drug-likeness (QED) is 0.101. The topological polar surface area (TPSA) is 204 Å². The molecule has 0 bridgehead atoms. The Bertz CT molecular complexity index is 2210. The molecule has 15 heteroatoms. The van der Waals surface area contributed by atoms with E-state index < -0.39 is 18.1 Å². The number of carbonyl (C=O) groups is 3. The molecule has 294 valence electrons. The van der Waals surface area contributed by atoms with Crippen molar-refractivity contribution in [3.63, 3.8) is 0 Å². The van der Waals surface area contributed by atoms with Crippen LogP contribution in [0.3, 0.4) is 0 Å². The minimum Gasteiger partial charge on any atom is -0.361 e. The Hall–Kier alpha value is -4.99. The fraction of sp³-hybridized carbons (Fsp3) is 0.341. The minimum absolute atomic E-state index is 0.0722. The molecule has 9 N–H and O–H groups in total. The van der Waals surface area contributed by atoms with Crippen molar-refractivity contribution in [1.82, 2.24) is 35.8 Å². The molecule has 1 aliphatic heterocycles. The lowest BCUT2D eigenvalue weighted by molar-refractivity contribution is -0.142. The molecule has 2 aromatic carbocycles. The number of nitrogens with one attached hydrogen (secondary N) is 5. The number of nitrogens with two attached hydrogens (primary N) is 2. The highest BCUT2D eigenvalue weighted by Crippen LogP contribution is 2.39. The predicted octanol–water partition coefficient (Wildman–Crippen LogP) is 4.23. The van der Waals surface area contributed by atoms with Crippen LogP contribution in [0.15, 0.2) is 94.0 Å². The Morgan fingerprint density at radius 2 is 1.64 bits per heavy atom. The maximum Gasteiger partial charge on any atom is 0.247 e. The van der Waals surface area contributed by atoms with E-state index in [1.807, 2.05) is 54.7 Å². The fourth-order valence-corrected chi connectivity index (χ4v) is 8.27. The standard InChI is InChI=1S/C41H48ClN9O4S/c1-51-35(20-28-23-46-32-10-3-2-9-30(28)32)39(54)49-24-29-18-27(25-13-14-36(52)48-21-25)19-31(42)37(29)56-40-26(8-7-17-45-40)22-47-33(12-6-16-44)38(53)50-34(41(51)55)11-4-5-15-43/h2-3,7-10,13-14,17-19,21,23,33-35,46-47H,4-6,11-12,15-16,20,22,24,43-44H2,1H3,(H,48,52)(H,49,54)(H,50,53)/t33-,34-,35-/m0/s1. The molecule has 4 heterocycles. The Kier molecular flexibility index (Phi) is 14.0. The van der Waals surface area contributed by atoms with Gasteiger partial charge in [-0.25, -0.2) is 4.98 Å². The Morgan fingerprint density at radius 3 is 2.43 bits per heavy atom. The average molecular weight is 798 g/mol. The number of likely N-dealkylation sites (N-methyl/N-ethyl adjacent to an activating group) is 1. The number of aromatic amines is 2. The first-order valence-electron chi connectivity index (χ1n) is 18.8. The van der Waals surface area contributed by atoms with E-state index in [9.17, 15) is 19.2 Å². The van der Waals surface area contributed by atoms with E-state index in [4.69, 9.17) is 28.1 Å². The number of benzene rings is 2. The average Bonchev–Trinajstić information content (AvgIpc) is 3.62. The molecule has 0 saturated heterocycles. The van der Waals surface area contributed by atoms with E-state index >= 15 is 0 Å². The lowest BCUT2D eigenvalue weighted by Gasteiger charge is -2.32. The molecule has 1 aliphatic rings. The van der Waals surface area contributed by atoms with Gasteiger partial charge in [-0.05, 0) is 103 Å². The molecular weight excluding hydrogens is 750 g/mol. The molecule has 13 nitrogen and oxygen atoms in total. The van der Waals surface area contributed by atoms with Crippen LogP contribution in [-0.2, 0) is 33.9 Å². The van der Waals surface area contributed by atoms with Crippen LogP contribution in [0.4, 0.5) is 0 Å². The first-order valence-corrected chi connectivity index (χ1v) is 20.0. The van der Waals surface area contributed by atoms with Crippen LogP contribution in [0, 0.1) is 0 Å². The number of amides is 3. The monoisotopic (exact) mass is 797 g/mol. The molecule has 0 saturated carbocycles. The lowest BCUT2D eigenvalue weighted by atomic mass is 10.0. The third kappa shape index (κ3) is 9.87. The van der Waals surface area contributed by atoms with Crippen molar-refractivity contribution < 1.29 is 14.4 Å². The van der Waals surface area contributed by atoms with Crippen molar-refractivity contribution in [1.29, 1.82) is 0 Å². The van der Waals surface area contributed by atoms with Crippen molar-refractivity contribution in [2.75, 3.05) is 20.1 Å². The van der Waals surface area contributed by atoms with Gasteiger partial charge in [-0.1, -0.05) is 47.6 Å². The van der Waals surface area contributed by atoms with E-state index in [0.717, 1.165) is 33.2 Å². The summed E-state index contributed by atoms with van der Waals surface area (Å²) in [4.78, 5) is 67.8. The summed E-state index contributed by atoms with van der Waals surface area (Å²) < 4.78 is 0. The van der Waals surface area contributed by atoms with E-state index in [-0.39, 0.29) is 36.2 Å². The zero-order valence-electron chi connectivity index (χ0n) is 31.3.